The largest absolute Gasteiger partial charge is 0.398 e. The van der Waals surface area contributed by atoms with Gasteiger partial charge in [0, 0.05) is 10.9 Å². The molecule has 1 aromatic carbocycles. The highest BCUT2D eigenvalue weighted by Crippen LogP contribution is 1.86. The lowest BCUT2D eigenvalue weighted by atomic mass is 10.1. The van der Waals surface area contributed by atoms with Gasteiger partial charge in [0.05, 0.1) is 0 Å². The van der Waals surface area contributed by atoms with Gasteiger partial charge in [0.15, 0.2) is 0 Å². The van der Waals surface area contributed by atoms with Crippen LogP contribution in [0.3, 0.4) is 0 Å². The average molecular weight is 173 g/mol. The fourth-order valence-electron chi connectivity index (χ4n) is 1.24. The minimum Gasteiger partial charge on any atom is -0.398 e. The number of rotatable bonds is 1. The molecule has 1 nitrogen and oxygen atoms in total. The quantitative estimate of drug-likeness (QED) is 0.675. The molecule has 0 saturated heterocycles. The number of nitrogens with two attached hydrogens (primary N) is 1. The summed E-state index contributed by atoms with van der Waals surface area (Å²) >= 11 is 0. The van der Waals surface area contributed by atoms with Crippen LogP contribution in [0.15, 0.2) is 30.4 Å². The van der Waals surface area contributed by atoms with E-state index >= 15 is 0 Å². The first-order chi connectivity index (χ1) is 6.16. The van der Waals surface area contributed by atoms with E-state index in [2.05, 4.69) is 6.58 Å². The molecule has 0 saturated carbocycles. The van der Waals surface area contributed by atoms with Crippen molar-refractivity contribution in [2.45, 2.75) is 13.8 Å². The molecule has 0 amide bonds. The van der Waals surface area contributed by atoms with Crippen molar-refractivity contribution < 1.29 is 0 Å². The van der Waals surface area contributed by atoms with Crippen LogP contribution in [0.5, 0.6) is 0 Å². The van der Waals surface area contributed by atoms with E-state index in [1.54, 1.807) is 0 Å². The monoisotopic (exact) mass is 173 g/mol. The van der Waals surface area contributed by atoms with Gasteiger partial charge < -0.3 is 5.73 Å². The van der Waals surface area contributed by atoms with Gasteiger partial charge in [0.1, 0.15) is 0 Å². The maximum Gasteiger partial charge on any atom is 0.0390 e. The zero-order chi connectivity index (χ0) is 9.84. The predicted molar refractivity (Wildman–Crippen MR) is 58.4 cm³/mol. The van der Waals surface area contributed by atoms with E-state index in [9.17, 15) is 0 Å². The van der Waals surface area contributed by atoms with Crippen molar-refractivity contribution in [3.05, 3.63) is 46.4 Å². The van der Waals surface area contributed by atoms with Crippen LogP contribution in [-0.4, -0.2) is 0 Å². The van der Waals surface area contributed by atoms with Gasteiger partial charge in [0.2, 0.25) is 0 Å². The molecule has 0 bridgehead atoms. The zero-order valence-corrected chi connectivity index (χ0v) is 8.17. The number of hydrogen-bond acceptors (Lipinski definition) is 1. The molecule has 2 N–H and O–H groups in total. The molecule has 0 aromatic heterocycles. The summed E-state index contributed by atoms with van der Waals surface area (Å²) in [7, 11) is 0. The lowest BCUT2D eigenvalue weighted by Gasteiger charge is -1.97. The summed E-state index contributed by atoms with van der Waals surface area (Å²) in [6.07, 6.45) is 3.82. The van der Waals surface area contributed by atoms with Crippen LogP contribution in [0.1, 0.15) is 12.5 Å². The molecule has 0 aliphatic rings. The molecular weight excluding hydrogens is 158 g/mol. The molecule has 13 heavy (non-hydrogen) atoms. The third-order valence-electron chi connectivity index (χ3n) is 2.07. The first-order valence-electron chi connectivity index (χ1n) is 4.34. The van der Waals surface area contributed by atoms with Crippen molar-refractivity contribution in [1.82, 2.24) is 0 Å². The second-order valence-corrected chi connectivity index (χ2v) is 3.06. The molecular formula is C12H15N. The molecule has 1 rings (SSSR count). The maximum absolute atomic E-state index is 5.87. The number of allylic oxidation sites excluding steroid dienone is 1. The Labute approximate surface area is 78.9 Å². The number of benzene rings is 1. The second-order valence-electron chi connectivity index (χ2n) is 3.06. The highest BCUT2D eigenvalue weighted by molar-refractivity contribution is 5.53. The van der Waals surface area contributed by atoms with Crippen LogP contribution in [0.4, 0.5) is 0 Å². The molecule has 0 aliphatic heterocycles. The van der Waals surface area contributed by atoms with Crippen LogP contribution in [0, 0.1) is 6.92 Å². The first kappa shape index (κ1) is 9.59. The molecule has 0 fully saturated rings. The highest BCUT2D eigenvalue weighted by Gasteiger charge is 1.90. The van der Waals surface area contributed by atoms with Gasteiger partial charge in [-0.05, 0) is 30.7 Å². The Morgan fingerprint density at radius 1 is 1.46 bits per heavy atom. The number of aryl methyl sites for hydroxylation is 1. The van der Waals surface area contributed by atoms with E-state index in [-0.39, 0.29) is 0 Å². The van der Waals surface area contributed by atoms with E-state index in [0.29, 0.717) is 0 Å². The van der Waals surface area contributed by atoms with Gasteiger partial charge in [-0.2, -0.15) is 0 Å². The minimum absolute atomic E-state index is 0.774. The summed E-state index contributed by atoms with van der Waals surface area (Å²) in [5, 5.41) is 2.04. The van der Waals surface area contributed by atoms with E-state index in [0.717, 1.165) is 16.1 Å². The van der Waals surface area contributed by atoms with Gasteiger partial charge in [-0.25, -0.2) is 0 Å². The fraction of sp³-hybridized carbons (Fsp3) is 0.167. The topological polar surface area (TPSA) is 26.0 Å². The van der Waals surface area contributed by atoms with E-state index in [1.807, 2.05) is 44.2 Å². The van der Waals surface area contributed by atoms with Gasteiger partial charge in [0.25, 0.3) is 0 Å². The summed E-state index contributed by atoms with van der Waals surface area (Å²) in [6, 6.07) is 6.02. The van der Waals surface area contributed by atoms with Crippen LogP contribution in [0.25, 0.3) is 12.3 Å². The molecule has 0 spiro atoms. The SMILES string of the molecule is C=c1c(C)ccc/c1=C(N)/C=C\C. The Balaban J connectivity index is 3.55. The van der Waals surface area contributed by atoms with Crippen LogP contribution in [0.2, 0.25) is 0 Å². The van der Waals surface area contributed by atoms with Crippen molar-refractivity contribution in [1.29, 1.82) is 0 Å². The van der Waals surface area contributed by atoms with E-state index < -0.39 is 0 Å². The molecule has 0 atom stereocenters. The highest BCUT2D eigenvalue weighted by atomic mass is 14.6. The van der Waals surface area contributed by atoms with Crippen LogP contribution >= 0.6 is 0 Å². The molecule has 1 heteroatoms. The zero-order valence-electron chi connectivity index (χ0n) is 8.17. The predicted octanol–water partition coefficient (Wildman–Crippen LogP) is 1.05. The minimum atomic E-state index is 0.774. The van der Waals surface area contributed by atoms with Gasteiger partial charge in [-0.1, -0.05) is 30.9 Å². The van der Waals surface area contributed by atoms with Crippen LogP contribution in [-0.2, 0) is 0 Å². The molecule has 0 radical (unpaired) electrons. The Morgan fingerprint density at radius 3 is 2.77 bits per heavy atom. The number of hydrogen-bond donors (Lipinski definition) is 1. The summed E-state index contributed by atoms with van der Waals surface area (Å²) in [4.78, 5) is 0. The Kier molecular flexibility index (Phi) is 2.91. The standard InChI is InChI=1S/C12H15N/c1-4-6-12(13)11-8-5-7-9(2)10(11)3/h4-8H,3,13H2,1-2H3/b6-4-,12-11+. The van der Waals surface area contributed by atoms with Gasteiger partial charge in [-0.3, -0.25) is 0 Å². The van der Waals surface area contributed by atoms with Crippen molar-refractivity contribution in [2.24, 2.45) is 5.73 Å². The Hall–Kier alpha value is -1.50. The molecule has 0 unspecified atom stereocenters. The summed E-state index contributed by atoms with van der Waals surface area (Å²) < 4.78 is 0. The summed E-state index contributed by atoms with van der Waals surface area (Å²) in [6.45, 7) is 7.97. The van der Waals surface area contributed by atoms with Crippen molar-refractivity contribution in [3.63, 3.8) is 0 Å². The lowest BCUT2D eigenvalue weighted by molar-refractivity contribution is 1.35. The Bertz CT molecular complexity index is 427. The third kappa shape index (κ3) is 2.00. The normalized spacial score (nSPS) is 13.4. The van der Waals surface area contributed by atoms with Crippen molar-refractivity contribution in [2.75, 3.05) is 0 Å². The van der Waals surface area contributed by atoms with Crippen molar-refractivity contribution >= 4 is 12.3 Å². The van der Waals surface area contributed by atoms with Gasteiger partial charge >= 0.3 is 0 Å². The summed E-state index contributed by atoms with van der Waals surface area (Å²) in [5.74, 6) is 0. The van der Waals surface area contributed by atoms with E-state index in [1.165, 1.54) is 5.56 Å². The second kappa shape index (κ2) is 3.94. The molecule has 0 heterocycles. The first-order valence-corrected chi connectivity index (χ1v) is 4.34. The average Bonchev–Trinajstić information content (AvgIpc) is 2.10. The Morgan fingerprint density at radius 2 is 2.15 bits per heavy atom. The molecule has 0 aliphatic carbocycles. The smallest absolute Gasteiger partial charge is 0.0390 e. The fourth-order valence-corrected chi connectivity index (χ4v) is 1.24. The molecule has 68 valence electrons. The van der Waals surface area contributed by atoms with Crippen molar-refractivity contribution in [3.8, 4) is 0 Å². The third-order valence-corrected chi connectivity index (χ3v) is 2.07. The lowest BCUT2D eigenvalue weighted by Crippen LogP contribution is -2.29. The van der Waals surface area contributed by atoms with E-state index in [4.69, 9.17) is 5.73 Å². The summed E-state index contributed by atoms with van der Waals surface area (Å²) in [5.41, 5.74) is 7.81. The maximum atomic E-state index is 5.87. The molecule has 1 aromatic rings. The van der Waals surface area contributed by atoms with Gasteiger partial charge in [-0.15, -0.1) is 0 Å². The van der Waals surface area contributed by atoms with Crippen LogP contribution < -0.4 is 16.2 Å².